The quantitative estimate of drug-likeness (QED) is 0.0321. The van der Waals surface area contributed by atoms with Gasteiger partial charge in [-0.1, -0.05) is 64.2 Å². The zero-order valence-corrected chi connectivity index (χ0v) is 55.2. The molecule has 90 heavy (non-hydrogen) atoms. The number of nitrogens with one attached hydrogen (secondary N) is 2. The van der Waals surface area contributed by atoms with Crippen LogP contribution < -0.4 is 16.4 Å². The van der Waals surface area contributed by atoms with E-state index in [1.807, 2.05) is 51.2 Å². The van der Waals surface area contributed by atoms with Gasteiger partial charge in [0.05, 0.1) is 84.4 Å². The van der Waals surface area contributed by atoms with Gasteiger partial charge in [0.25, 0.3) is 11.7 Å². The number of esters is 1. The van der Waals surface area contributed by atoms with Crippen molar-refractivity contribution in [2.75, 3.05) is 107 Å². The Kier molecular flexibility index (Phi) is 36.0. The van der Waals surface area contributed by atoms with E-state index in [1.165, 1.54) is 14.2 Å². The minimum Gasteiger partial charge on any atom is -0.459 e. The number of rotatable bonds is 26. The Morgan fingerprint density at radius 3 is 2.04 bits per heavy atom. The third-order valence-electron chi connectivity index (χ3n) is 17.3. The summed E-state index contributed by atoms with van der Waals surface area (Å²) in [5.41, 5.74) is 8.18. The molecular formula is C66H108N4O20. The van der Waals surface area contributed by atoms with E-state index >= 15 is 0 Å². The highest BCUT2D eigenvalue weighted by atomic mass is 16.6. The van der Waals surface area contributed by atoms with Crippen molar-refractivity contribution in [3.05, 3.63) is 47.6 Å². The SMILES string of the molecule is CCNC(=O)CCOCCOCCOCCOCCOCCNC(=O)O[C@@H]1CC[C@@H](C[C@@H](N)[C@@H]2CC(=O)[C@H](C)/C=C(\C)[C@@H](O)[C@@H](OC)C(=O)[C@H](C)C[C@H](C)/C=C/C=C/C=C(\C)[C@@H](OC)C[C@@H]3CC[C@@H](C)[C@@](O)(O3)C(=O)C(=O)N3CCCC[C@H]3C(=O)O2)C[C@H]1OC. The zero-order valence-electron chi connectivity index (χ0n) is 55.2. The number of carbonyl (C=O) groups is 7. The van der Waals surface area contributed by atoms with E-state index in [4.69, 9.17) is 57.8 Å². The summed E-state index contributed by atoms with van der Waals surface area (Å²) >= 11 is 0. The largest absolute Gasteiger partial charge is 0.459 e. The summed E-state index contributed by atoms with van der Waals surface area (Å²) in [7, 11) is 4.44. The van der Waals surface area contributed by atoms with Crippen molar-refractivity contribution in [1.82, 2.24) is 15.5 Å². The third-order valence-corrected chi connectivity index (χ3v) is 17.3. The number of carbonyl (C=O) groups excluding carboxylic acids is 7. The fourth-order valence-electron chi connectivity index (χ4n) is 11.9. The second-order valence-electron chi connectivity index (χ2n) is 24.3. The summed E-state index contributed by atoms with van der Waals surface area (Å²) in [5, 5.41) is 29.1. The maximum Gasteiger partial charge on any atom is 0.407 e. The van der Waals surface area contributed by atoms with E-state index in [0.717, 1.165) is 10.5 Å². The van der Waals surface area contributed by atoms with Crippen molar-refractivity contribution in [1.29, 1.82) is 0 Å². The molecule has 24 heteroatoms. The molecule has 2 bridgehead atoms. The lowest BCUT2D eigenvalue weighted by molar-refractivity contribution is -0.265. The Hall–Kier alpha value is -4.83. The number of fused-ring (bicyclic) bond motifs is 3. The van der Waals surface area contributed by atoms with Gasteiger partial charge in [-0.05, 0) is 108 Å². The van der Waals surface area contributed by atoms with Crippen LogP contribution in [0.25, 0.3) is 0 Å². The summed E-state index contributed by atoms with van der Waals surface area (Å²) in [6, 6.07) is -2.19. The number of nitrogens with zero attached hydrogens (tertiary/aromatic N) is 1. The molecule has 4 rings (SSSR count). The molecule has 0 aromatic heterocycles. The maximum absolute atomic E-state index is 14.6. The van der Waals surface area contributed by atoms with Gasteiger partial charge < -0.3 is 83.6 Å². The number of hydrogen-bond donors (Lipinski definition) is 5. The van der Waals surface area contributed by atoms with Gasteiger partial charge >= 0.3 is 12.1 Å². The van der Waals surface area contributed by atoms with Crippen molar-refractivity contribution in [2.24, 2.45) is 35.3 Å². The third kappa shape index (κ3) is 25.9. The maximum atomic E-state index is 14.6. The van der Waals surface area contributed by atoms with E-state index in [-0.39, 0.29) is 68.9 Å². The first kappa shape index (κ1) is 77.6. The Morgan fingerprint density at radius 1 is 0.756 bits per heavy atom. The molecule has 6 N–H and O–H groups in total. The molecule has 4 aliphatic rings. The van der Waals surface area contributed by atoms with Gasteiger partial charge in [-0.3, -0.25) is 24.0 Å². The van der Waals surface area contributed by atoms with Gasteiger partial charge in [0, 0.05) is 84.0 Å². The Labute approximate surface area is 533 Å². The summed E-state index contributed by atoms with van der Waals surface area (Å²) in [5.74, 6) is -8.64. The highest BCUT2D eigenvalue weighted by Gasteiger charge is 2.53. The van der Waals surface area contributed by atoms with Crippen LogP contribution in [0.15, 0.2) is 47.6 Å². The number of alkyl carbamates (subject to hydrolysis) is 1. The zero-order chi connectivity index (χ0) is 66.2. The van der Waals surface area contributed by atoms with E-state index in [1.54, 1.807) is 40.9 Å². The molecule has 512 valence electrons. The lowest BCUT2D eigenvalue weighted by Gasteiger charge is -2.42. The first-order valence-corrected chi connectivity index (χ1v) is 32.4. The lowest BCUT2D eigenvalue weighted by atomic mass is 9.80. The lowest BCUT2D eigenvalue weighted by Crippen LogP contribution is -2.61. The van der Waals surface area contributed by atoms with Gasteiger partial charge in [0.2, 0.25) is 11.7 Å². The van der Waals surface area contributed by atoms with Gasteiger partial charge in [-0.25, -0.2) is 9.59 Å². The molecule has 1 aliphatic carbocycles. The van der Waals surface area contributed by atoms with Crippen LogP contribution in [0.3, 0.4) is 0 Å². The Morgan fingerprint density at radius 2 is 1.41 bits per heavy atom. The first-order valence-electron chi connectivity index (χ1n) is 32.4. The molecule has 0 radical (unpaired) electrons. The van der Waals surface area contributed by atoms with Gasteiger partial charge in [0.15, 0.2) is 5.78 Å². The minimum atomic E-state index is -2.49. The number of nitrogens with two attached hydrogens (primary N) is 1. The summed E-state index contributed by atoms with van der Waals surface area (Å²) in [6.07, 6.45) is 8.65. The number of hydrogen-bond acceptors (Lipinski definition) is 21. The molecule has 0 aromatic rings. The number of aliphatic hydroxyl groups is 2. The predicted molar refractivity (Wildman–Crippen MR) is 334 cm³/mol. The number of cyclic esters (lactones) is 1. The Balaban J connectivity index is 1.40. The van der Waals surface area contributed by atoms with E-state index in [2.05, 4.69) is 10.6 Å². The highest BCUT2D eigenvalue weighted by molar-refractivity contribution is 6.39. The second kappa shape index (κ2) is 41.7. The topological polar surface area (TPSA) is 315 Å². The van der Waals surface area contributed by atoms with Crippen LogP contribution in [0.1, 0.15) is 132 Å². The normalized spacial score (nSPS) is 32.3. The summed E-state index contributed by atoms with van der Waals surface area (Å²) in [6.45, 7) is 16.8. The average molecular weight is 1280 g/mol. The van der Waals surface area contributed by atoms with E-state index in [0.29, 0.717) is 129 Å². The van der Waals surface area contributed by atoms with E-state index in [9.17, 15) is 43.8 Å². The highest BCUT2D eigenvalue weighted by Crippen LogP contribution is 2.37. The number of aliphatic hydroxyl groups excluding tert-OH is 1. The fourth-order valence-corrected chi connectivity index (χ4v) is 11.9. The van der Waals surface area contributed by atoms with E-state index < -0.39 is 108 Å². The molecule has 24 nitrogen and oxygen atoms in total. The van der Waals surface area contributed by atoms with Crippen LogP contribution in [-0.4, -0.2) is 224 Å². The van der Waals surface area contributed by atoms with Crippen LogP contribution in [0, 0.1) is 29.6 Å². The predicted octanol–water partition coefficient (Wildman–Crippen LogP) is 5.21. The van der Waals surface area contributed by atoms with Crippen LogP contribution in [0.4, 0.5) is 4.79 Å². The Bertz CT molecular complexity index is 2350. The van der Waals surface area contributed by atoms with Gasteiger partial charge in [-0.2, -0.15) is 0 Å². The molecule has 3 fully saturated rings. The van der Waals surface area contributed by atoms with Gasteiger partial charge in [0.1, 0.15) is 36.2 Å². The minimum absolute atomic E-state index is 0.0165. The van der Waals surface area contributed by atoms with Gasteiger partial charge in [-0.15, -0.1) is 0 Å². The summed E-state index contributed by atoms with van der Waals surface area (Å²) in [4.78, 5) is 97.1. The van der Waals surface area contributed by atoms with Crippen LogP contribution in [-0.2, 0) is 80.9 Å². The number of ketones is 3. The summed E-state index contributed by atoms with van der Waals surface area (Å²) < 4.78 is 63.0. The number of ether oxygens (including phenoxy) is 11. The molecule has 3 amide bonds. The molecule has 2 saturated heterocycles. The number of allylic oxidation sites excluding steroid dienone is 6. The van der Waals surface area contributed by atoms with Crippen LogP contribution in [0.2, 0.25) is 0 Å². The standard InChI is InChI=1S/C66H108N4O20/c1-11-68-58(72)24-27-83-29-31-85-33-35-87-36-34-86-32-30-84-28-25-69-65(78)89-54-23-21-49(40-57(54)81-9)39-51(67)56-42-53(71)45(4)38-47(6)60(74)61(82-10)59(73)46(5)37-43(2)17-13-12-14-18-44(3)55(80-8)41-50-22-20-48(7)66(79,90-50)62(75)63(76)70-26-16-15-19-52(70)64(77)88-56/h12-14,17-18,38,43,45-46,48-52,54-57,60-61,74,79H,11,15-16,19-37,39-42,67H2,1-10H3,(H,68,72)(H,69,78)/b14-12+,17-13+,44-18+,47-38+/t43-,45-,46-,48-,49+,50+,51-,52+,54-,55+,56+,57-,60-,61+,66-/m1/s1. The molecule has 1 saturated carbocycles. The molecule has 15 atom stereocenters. The monoisotopic (exact) mass is 1280 g/mol. The van der Waals surface area contributed by atoms with Crippen molar-refractivity contribution >= 4 is 41.2 Å². The molecule has 3 aliphatic heterocycles. The molecule has 0 spiro atoms. The van der Waals surface area contributed by atoms with Crippen molar-refractivity contribution in [3.8, 4) is 0 Å². The van der Waals surface area contributed by atoms with Crippen LogP contribution in [0.5, 0.6) is 0 Å². The smallest absolute Gasteiger partial charge is 0.407 e. The molecular weight excluding hydrogens is 1170 g/mol. The number of Topliss-reactive ketones (excluding diaryl/α,β-unsaturated/α-hetero) is 3. The second-order valence-corrected chi connectivity index (χ2v) is 24.3. The van der Waals surface area contributed by atoms with Crippen molar-refractivity contribution in [2.45, 2.75) is 193 Å². The number of methoxy groups -OCH3 is 3. The van der Waals surface area contributed by atoms with Crippen LogP contribution >= 0.6 is 0 Å². The first-order chi connectivity index (χ1) is 43.1. The molecule has 3 heterocycles. The average Bonchev–Trinajstić information content (AvgIpc) is 0.805. The number of piperidine rings is 1. The van der Waals surface area contributed by atoms with Crippen molar-refractivity contribution < 1.29 is 95.9 Å². The van der Waals surface area contributed by atoms with Crippen molar-refractivity contribution in [3.63, 3.8) is 0 Å². The number of amides is 3. The molecule has 0 unspecified atom stereocenters. The fraction of sp³-hybridized carbons (Fsp3) is 0.773. The molecule has 0 aromatic carbocycles.